The highest BCUT2D eigenvalue weighted by Gasteiger charge is 2.19. The molecule has 1 amide bonds. The van der Waals surface area contributed by atoms with Crippen LogP contribution in [0.2, 0.25) is 5.02 Å². The van der Waals surface area contributed by atoms with Crippen molar-refractivity contribution in [2.24, 2.45) is 0 Å². The number of carbonyl (C=O) groups excluding carboxylic acids is 1. The number of fused-ring (bicyclic) bond motifs is 1. The Labute approximate surface area is 268 Å². The average molecular weight is 634 g/mol. The fourth-order valence-electron chi connectivity index (χ4n) is 4.94. The summed E-state index contributed by atoms with van der Waals surface area (Å²) in [5.74, 6) is 1.42. The zero-order chi connectivity index (χ0) is 32.3. The Morgan fingerprint density at radius 3 is 2.53 bits per heavy atom. The van der Waals surface area contributed by atoms with Crippen LogP contribution in [-0.4, -0.2) is 70.7 Å². The highest BCUT2D eigenvalue weighted by atomic mass is 35.5. The number of hydrogen-bond acceptors (Lipinski definition) is 9. The summed E-state index contributed by atoms with van der Waals surface area (Å²) in [6.07, 6.45) is 7.07. The molecule has 0 saturated heterocycles. The molecule has 0 radical (unpaired) electrons. The summed E-state index contributed by atoms with van der Waals surface area (Å²) >= 11 is 6.71. The molecular weight excluding hydrogens is 594 g/mol. The summed E-state index contributed by atoms with van der Waals surface area (Å²) < 4.78 is 12.5. The van der Waals surface area contributed by atoms with Crippen molar-refractivity contribution in [2.75, 3.05) is 51.0 Å². The number of aromatic nitrogens is 4. The number of nitrogens with one attached hydrogen (secondary N) is 2. The molecule has 0 unspecified atom stereocenters. The highest BCUT2D eigenvalue weighted by Crippen LogP contribution is 2.38. The fourth-order valence-corrected chi connectivity index (χ4v) is 5.23. The van der Waals surface area contributed by atoms with E-state index in [1.165, 1.54) is 13.2 Å². The largest absolute Gasteiger partial charge is 0.497 e. The van der Waals surface area contributed by atoms with Crippen molar-refractivity contribution in [1.82, 2.24) is 24.4 Å². The van der Waals surface area contributed by atoms with Gasteiger partial charge >= 0.3 is 0 Å². The van der Waals surface area contributed by atoms with E-state index in [0.29, 0.717) is 70.0 Å². The maximum absolute atomic E-state index is 14.2. The number of halogens is 1. The monoisotopic (exact) mass is 633 g/mol. The quantitative estimate of drug-likeness (QED) is 0.123. The predicted molar refractivity (Wildman–Crippen MR) is 180 cm³/mol. The molecule has 0 aliphatic rings. The van der Waals surface area contributed by atoms with Gasteiger partial charge in [-0.2, -0.15) is 4.98 Å². The van der Waals surface area contributed by atoms with Crippen LogP contribution in [0, 0.1) is 0 Å². The first kappa shape index (κ1) is 33.4. The molecule has 1 aromatic carbocycles. The van der Waals surface area contributed by atoms with Gasteiger partial charge < -0.3 is 25.0 Å². The van der Waals surface area contributed by atoms with Crippen molar-refractivity contribution < 1.29 is 14.3 Å². The molecule has 238 valence electrons. The second-order valence-electron chi connectivity index (χ2n) is 10.3. The molecule has 0 saturated carbocycles. The number of carbonyl (C=O) groups is 1. The minimum absolute atomic E-state index is 0.272. The van der Waals surface area contributed by atoms with Crippen LogP contribution in [0.5, 0.6) is 11.5 Å². The van der Waals surface area contributed by atoms with Crippen LogP contribution in [0.3, 0.4) is 0 Å². The Morgan fingerprint density at radius 1 is 1.07 bits per heavy atom. The zero-order valence-corrected chi connectivity index (χ0v) is 27.0. The summed E-state index contributed by atoms with van der Waals surface area (Å²) in [5.41, 5.74) is 1.95. The Kier molecular flexibility index (Phi) is 11.9. The number of ether oxygens (including phenoxy) is 2. The summed E-state index contributed by atoms with van der Waals surface area (Å²) in [4.78, 5) is 41.8. The van der Waals surface area contributed by atoms with Crippen LogP contribution < -0.4 is 25.7 Å². The fraction of sp³-hybridized carbons (Fsp3) is 0.364. The average Bonchev–Trinajstić information content (AvgIpc) is 3.06. The minimum atomic E-state index is -0.342. The number of anilines is 2. The smallest absolute Gasteiger partial charge is 0.260 e. The number of hydrogen-bond donors (Lipinski definition) is 2. The van der Waals surface area contributed by atoms with Gasteiger partial charge in [0.05, 0.1) is 19.2 Å². The van der Waals surface area contributed by atoms with Crippen LogP contribution in [0.4, 0.5) is 11.8 Å². The maximum Gasteiger partial charge on any atom is 0.260 e. The van der Waals surface area contributed by atoms with Gasteiger partial charge in [0, 0.05) is 48.1 Å². The minimum Gasteiger partial charge on any atom is -0.497 e. The molecule has 4 rings (SSSR count). The summed E-state index contributed by atoms with van der Waals surface area (Å²) in [6, 6.07) is 8.70. The van der Waals surface area contributed by atoms with E-state index in [-0.39, 0.29) is 11.5 Å². The van der Waals surface area contributed by atoms with E-state index < -0.39 is 0 Å². The summed E-state index contributed by atoms with van der Waals surface area (Å²) in [5, 5.41) is 6.93. The Balaban J connectivity index is 1.68. The third kappa shape index (κ3) is 8.37. The predicted octanol–water partition coefficient (Wildman–Crippen LogP) is 5.43. The second-order valence-corrected chi connectivity index (χ2v) is 10.7. The SMILES string of the molecule is C=CC(=O)Nc1ccc(CCn2c(=O)c(-c3cc(OC)cc(OC)c3Cl)cc3cnc(NCCCCN(CC)CC)nc32)cn1. The van der Waals surface area contributed by atoms with Crippen molar-refractivity contribution >= 4 is 40.3 Å². The van der Waals surface area contributed by atoms with E-state index in [1.807, 2.05) is 6.07 Å². The van der Waals surface area contributed by atoms with E-state index in [4.69, 9.17) is 26.1 Å². The Hall–Kier alpha value is -4.48. The number of amides is 1. The van der Waals surface area contributed by atoms with Crippen molar-refractivity contribution in [3.63, 3.8) is 0 Å². The van der Waals surface area contributed by atoms with Crippen molar-refractivity contribution in [1.29, 1.82) is 0 Å². The highest BCUT2D eigenvalue weighted by molar-refractivity contribution is 6.35. The van der Waals surface area contributed by atoms with Crippen LogP contribution in [0.15, 0.2) is 60.2 Å². The molecule has 2 N–H and O–H groups in total. The lowest BCUT2D eigenvalue weighted by atomic mass is 10.0. The second kappa shape index (κ2) is 16.0. The van der Waals surface area contributed by atoms with E-state index in [9.17, 15) is 9.59 Å². The topological polar surface area (TPSA) is 124 Å². The molecule has 0 aliphatic carbocycles. The van der Waals surface area contributed by atoms with Crippen LogP contribution >= 0.6 is 11.6 Å². The van der Waals surface area contributed by atoms with Crippen LogP contribution in [-0.2, 0) is 17.8 Å². The zero-order valence-electron chi connectivity index (χ0n) is 26.2. The lowest BCUT2D eigenvalue weighted by molar-refractivity contribution is -0.111. The molecule has 0 spiro atoms. The third-order valence-electron chi connectivity index (χ3n) is 7.55. The van der Waals surface area contributed by atoms with Crippen molar-refractivity contribution in [2.45, 2.75) is 39.7 Å². The molecule has 12 heteroatoms. The summed E-state index contributed by atoms with van der Waals surface area (Å²) in [7, 11) is 3.05. The van der Waals surface area contributed by atoms with Crippen LogP contribution in [0.1, 0.15) is 32.3 Å². The van der Waals surface area contributed by atoms with Gasteiger partial charge in [0.15, 0.2) is 0 Å². The van der Waals surface area contributed by atoms with E-state index in [0.717, 1.165) is 38.0 Å². The molecule has 0 atom stereocenters. The molecule has 45 heavy (non-hydrogen) atoms. The number of methoxy groups -OCH3 is 2. The lowest BCUT2D eigenvalue weighted by Crippen LogP contribution is -2.25. The molecule has 11 nitrogen and oxygen atoms in total. The molecule has 0 bridgehead atoms. The van der Waals surface area contributed by atoms with Gasteiger partial charge in [-0.25, -0.2) is 9.97 Å². The number of nitrogens with zero attached hydrogens (tertiary/aromatic N) is 5. The third-order valence-corrected chi connectivity index (χ3v) is 7.94. The number of benzene rings is 1. The van der Waals surface area contributed by atoms with Gasteiger partial charge in [0.2, 0.25) is 11.9 Å². The Bertz CT molecular complexity index is 1690. The van der Waals surface area contributed by atoms with Crippen molar-refractivity contribution in [3.8, 4) is 22.6 Å². The molecule has 3 heterocycles. The van der Waals surface area contributed by atoms with E-state index >= 15 is 0 Å². The Morgan fingerprint density at radius 2 is 1.87 bits per heavy atom. The molecule has 0 fully saturated rings. The lowest BCUT2D eigenvalue weighted by Gasteiger charge is -2.17. The van der Waals surface area contributed by atoms with Crippen LogP contribution in [0.25, 0.3) is 22.2 Å². The first-order valence-electron chi connectivity index (χ1n) is 15.0. The normalized spacial score (nSPS) is 11.1. The van der Waals surface area contributed by atoms with Gasteiger partial charge in [-0.1, -0.05) is 38.1 Å². The van der Waals surface area contributed by atoms with Gasteiger partial charge in [-0.05, 0) is 68.7 Å². The summed E-state index contributed by atoms with van der Waals surface area (Å²) in [6.45, 7) is 11.9. The molecular formula is C33H40ClN7O4. The van der Waals surface area contributed by atoms with Crippen molar-refractivity contribution in [3.05, 3.63) is 76.3 Å². The van der Waals surface area contributed by atoms with E-state index in [1.54, 1.807) is 48.3 Å². The first-order chi connectivity index (χ1) is 21.8. The van der Waals surface area contributed by atoms with Gasteiger partial charge in [-0.15, -0.1) is 0 Å². The van der Waals surface area contributed by atoms with E-state index in [2.05, 4.69) is 45.9 Å². The van der Waals surface area contributed by atoms with Gasteiger partial charge in [0.25, 0.3) is 5.56 Å². The first-order valence-corrected chi connectivity index (χ1v) is 15.4. The number of pyridine rings is 2. The maximum atomic E-state index is 14.2. The number of rotatable bonds is 16. The number of unbranched alkanes of at least 4 members (excludes halogenated alkanes) is 1. The molecule has 0 aliphatic heterocycles. The van der Waals surface area contributed by atoms with Gasteiger partial charge in [-0.3, -0.25) is 14.2 Å². The standard InChI is InChI=1S/C33H40ClN7O4/c1-6-29(42)38-28-12-11-22(20-36-28)13-16-41-31-23(21-37-33(39-31)35-14-9-10-15-40(7-2)8-3)17-26(32(41)43)25-18-24(44-4)19-27(45-5)30(25)34/h6,11-12,17-21H,1,7-10,13-16H2,2-5H3,(H,35,37,39)(H,36,38,42). The van der Waals surface area contributed by atoms with Gasteiger partial charge in [0.1, 0.15) is 23.0 Å². The number of aryl methyl sites for hydroxylation is 2. The molecule has 4 aromatic rings. The molecule has 3 aromatic heterocycles.